The van der Waals surface area contributed by atoms with Crippen molar-refractivity contribution in [3.63, 3.8) is 0 Å². The Labute approximate surface area is 111 Å². The Hall–Kier alpha value is -1.85. The number of nitrogens with zero attached hydrogens (tertiary/aromatic N) is 1. The number of nitrogens with one attached hydrogen (secondary N) is 2. The molecule has 1 aromatic heterocycles. The molecular weight excluding hydrogens is 246 g/mol. The highest BCUT2D eigenvalue weighted by Crippen LogP contribution is 2.23. The van der Waals surface area contributed by atoms with Crippen LogP contribution in [0.2, 0.25) is 0 Å². The highest BCUT2D eigenvalue weighted by Gasteiger charge is 2.25. The molecule has 0 saturated heterocycles. The molecule has 0 bridgehead atoms. The predicted molar refractivity (Wildman–Crippen MR) is 69.1 cm³/mol. The van der Waals surface area contributed by atoms with Gasteiger partial charge in [-0.3, -0.25) is 4.79 Å². The van der Waals surface area contributed by atoms with E-state index in [1.165, 1.54) is 19.2 Å². The molecule has 1 amide bonds. The summed E-state index contributed by atoms with van der Waals surface area (Å²) in [4.78, 5) is 29.3. The second kappa shape index (κ2) is 5.86. The summed E-state index contributed by atoms with van der Waals surface area (Å²) >= 11 is 0. The summed E-state index contributed by atoms with van der Waals surface area (Å²) < 4.78 is 0. The minimum absolute atomic E-state index is 0.0380. The van der Waals surface area contributed by atoms with Gasteiger partial charge in [0, 0.05) is 6.04 Å². The number of aromatic carboxylic acids is 1. The van der Waals surface area contributed by atoms with E-state index in [2.05, 4.69) is 22.2 Å². The Morgan fingerprint density at radius 1 is 1.37 bits per heavy atom. The van der Waals surface area contributed by atoms with E-state index in [0.29, 0.717) is 5.92 Å². The number of hydrogen-bond acceptors (Lipinski definition) is 3. The van der Waals surface area contributed by atoms with Crippen molar-refractivity contribution in [3.8, 4) is 0 Å². The standard InChI is InChI=1S/C13H19N3O3/c1-8-5-3-2-4-6-9(8)16-12(17)10-11(13(18)19)15-7-14-10/h7-9H,2-6H2,1H3,(H,14,15)(H,16,17)(H,18,19). The monoisotopic (exact) mass is 265 g/mol. The van der Waals surface area contributed by atoms with E-state index < -0.39 is 11.9 Å². The highest BCUT2D eigenvalue weighted by molar-refractivity contribution is 6.02. The number of carboxylic acid groups (broad SMARTS) is 1. The lowest BCUT2D eigenvalue weighted by Crippen LogP contribution is -2.39. The number of amides is 1. The van der Waals surface area contributed by atoms with Gasteiger partial charge in [-0.15, -0.1) is 0 Å². The molecule has 2 atom stereocenters. The Balaban J connectivity index is 2.07. The van der Waals surface area contributed by atoms with Crippen LogP contribution in [0.3, 0.4) is 0 Å². The molecule has 0 aromatic carbocycles. The third-order valence-electron chi connectivity index (χ3n) is 3.75. The van der Waals surface area contributed by atoms with Gasteiger partial charge < -0.3 is 15.4 Å². The van der Waals surface area contributed by atoms with Crippen LogP contribution in [0.5, 0.6) is 0 Å². The molecule has 1 aliphatic carbocycles. The molecule has 6 heteroatoms. The maximum absolute atomic E-state index is 12.1. The largest absolute Gasteiger partial charge is 0.477 e. The van der Waals surface area contributed by atoms with Gasteiger partial charge >= 0.3 is 5.97 Å². The molecular formula is C13H19N3O3. The fourth-order valence-corrected chi connectivity index (χ4v) is 2.57. The normalized spacial score (nSPS) is 23.6. The number of aromatic nitrogens is 2. The minimum atomic E-state index is -1.17. The van der Waals surface area contributed by atoms with E-state index in [-0.39, 0.29) is 17.4 Å². The lowest BCUT2D eigenvalue weighted by Gasteiger charge is -2.22. The quantitative estimate of drug-likeness (QED) is 0.726. The summed E-state index contributed by atoms with van der Waals surface area (Å²) in [6.45, 7) is 2.12. The first-order valence-corrected chi connectivity index (χ1v) is 6.67. The molecule has 3 N–H and O–H groups in total. The van der Waals surface area contributed by atoms with Crippen LogP contribution in [0.25, 0.3) is 0 Å². The predicted octanol–water partition coefficient (Wildman–Crippen LogP) is 1.81. The van der Waals surface area contributed by atoms with Gasteiger partial charge in [0.15, 0.2) is 11.4 Å². The van der Waals surface area contributed by atoms with E-state index in [4.69, 9.17) is 5.11 Å². The average Bonchev–Trinajstić information content (AvgIpc) is 2.78. The first-order valence-electron chi connectivity index (χ1n) is 6.67. The zero-order chi connectivity index (χ0) is 13.8. The average molecular weight is 265 g/mol. The molecule has 1 aromatic rings. The van der Waals surface area contributed by atoms with Gasteiger partial charge in [-0.1, -0.05) is 26.2 Å². The highest BCUT2D eigenvalue weighted by atomic mass is 16.4. The first kappa shape index (κ1) is 13.6. The maximum Gasteiger partial charge on any atom is 0.354 e. The van der Waals surface area contributed by atoms with Crippen molar-refractivity contribution in [2.45, 2.75) is 45.1 Å². The summed E-state index contributed by atoms with van der Waals surface area (Å²) in [5.74, 6) is -1.16. The molecule has 104 valence electrons. The number of imidazole rings is 1. The van der Waals surface area contributed by atoms with Crippen LogP contribution in [0.1, 0.15) is 60.0 Å². The van der Waals surface area contributed by atoms with E-state index >= 15 is 0 Å². The van der Waals surface area contributed by atoms with Crippen LogP contribution in [-0.4, -0.2) is 33.0 Å². The number of carboxylic acids is 1. The van der Waals surface area contributed by atoms with Crippen molar-refractivity contribution in [2.75, 3.05) is 0 Å². The third kappa shape index (κ3) is 3.13. The van der Waals surface area contributed by atoms with Gasteiger partial charge in [-0.25, -0.2) is 9.78 Å². The smallest absolute Gasteiger partial charge is 0.354 e. The maximum atomic E-state index is 12.1. The van der Waals surface area contributed by atoms with Crippen LogP contribution in [0.15, 0.2) is 6.33 Å². The van der Waals surface area contributed by atoms with E-state index in [0.717, 1.165) is 19.3 Å². The molecule has 0 spiro atoms. The Morgan fingerprint density at radius 3 is 2.84 bits per heavy atom. The second-order valence-corrected chi connectivity index (χ2v) is 5.13. The Bertz CT molecular complexity index is 469. The van der Waals surface area contributed by atoms with E-state index in [9.17, 15) is 9.59 Å². The van der Waals surface area contributed by atoms with Gasteiger partial charge in [0.25, 0.3) is 5.91 Å². The summed E-state index contributed by atoms with van der Waals surface area (Å²) in [7, 11) is 0. The number of hydrogen-bond donors (Lipinski definition) is 3. The van der Waals surface area contributed by atoms with Crippen LogP contribution in [-0.2, 0) is 0 Å². The molecule has 2 unspecified atom stereocenters. The van der Waals surface area contributed by atoms with Crippen LogP contribution in [0, 0.1) is 5.92 Å². The van der Waals surface area contributed by atoms with Gasteiger partial charge in [-0.05, 0) is 18.8 Å². The summed E-state index contributed by atoms with van der Waals surface area (Å²) in [5, 5.41) is 11.9. The van der Waals surface area contributed by atoms with Crippen molar-refractivity contribution < 1.29 is 14.7 Å². The lowest BCUT2D eigenvalue weighted by atomic mass is 9.97. The van der Waals surface area contributed by atoms with Crippen molar-refractivity contribution in [3.05, 3.63) is 17.7 Å². The minimum Gasteiger partial charge on any atom is -0.477 e. The molecule has 1 aliphatic rings. The zero-order valence-electron chi connectivity index (χ0n) is 11.0. The number of carbonyl (C=O) groups excluding carboxylic acids is 1. The van der Waals surface area contributed by atoms with Gasteiger partial charge in [0.05, 0.1) is 6.33 Å². The van der Waals surface area contributed by atoms with Gasteiger partial charge in [-0.2, -0.15) is 0 Å². The fourth-order valence-electron chi connectivity index (χ4n) is 2.57. The first-order chi connectivity index (χ1) is 9.09. The van der Waals surface area contributed by atoms with Crippen molar-refractivity contribution in [1.82, 2.24) is 15.3 Å². The van der Waals surface area contributed by atoms with Crippen molar-refractivity contribution in [2.24, 2.45) is 5.92 Å². The number of rotatable bonds is 3. The SMILES string of the molecule is CC1CCCCCC1NC(=O)c1nc[nH]c1C(=O)O. The van der Waals surface area contributed by atoms with Gasteiger partial charge in [0.2, 0.25) is 0 Å². The van der Waals surface area contributed by atoms with Crippen molar-refractivity contribution in [1.29, 1.82) is 0 Å². The fraction of sp³-hybridized carbons (Fsp3) is 0.615. The molecule has 1 heterocycles. The molecule has 0 radical (unpaired) electrons. The number of carbonyl (C=O) groups is 2. The lowest BCUT2D eigenvalue weighted by molar-refractivity contribution is 0.0684. The summed E-state index contributed by atoms with van der Waals surface area (Å²) in [5.41, 5.74) is -0.192. The number of H-pyrrole nitrogens is 1. The molecule has 1 fully saturated rings. The number of aromatic amines is 1. The summed E-state index contributed by atoms with van der Waals surface area (Å²) in [6.07, 6.45) is 6.75. The molecule has 2 rings (SSSR count). The van der Waals surface area contributed by atoms with Crippen LogP contribution >= 0.6 is 0 Å². The topological polar surface area (TPSA) is 95.1 Å². The van der Waals surface area contributed by atoms with Gasteiger partial charge in [0.1, 0.15) is 0 Å². The molecule has 6 nitrogen and oxygen atoms in total. The third-order valence-corrected chi connectivity index (χ3v) is 3.75. The van der Waals surface area contributed by atoms with E-state index in [1.807, 2.05) is 0 Å². The summed E-state index contributed by atoms with van der Waals surface area (Å²) in [6, 6.07) is 0.105. The van der Waals surface area contributed by atoms with E-state index in [1.54, 1.807) is 0 Å². The molecule has 0 aliphatic heterocycles. The molecule has 1 saturated carbocycles. The van der Waals surface area contributed by atoms with Crippen LogP contribution in [0.4, 0.5) is 0 Å². The Kier molecular flexibility index (Phi) is 4.19. The van der Waals surface area contributed by atoms with Crippen molar-refractivity contribution >= 4 is 11.9 Å². The zero-order valence-corrected chi connectivity index (χ0v) is 11.0. The molecule has 19 heavy (non-hydrogen) atoms. The van der Waals surface area contributed by atoms with Crippen LogP contribution < -0.4 is 5.32 Å². The second-order valence-electron chi connectivity index (χ2n) is 5.13. The Morgan fingerprint density at radius 2 is 2.11 bits per heavy atom.